The van der Waals surface area contributed by atoms with Gasteiger partial charge >= 0.3 is 0 Å². The molecule has 0 amide bonds. The number of nitrogens with zero attached hydrogens (tertiary/aromatic N) is 2. The topological polar surface area (TPSA) is 51.2 Å². The molecule has 1 aliphatic rings. The van der Waals surface area contributed by atoms with Crippen molar-refractivity contribution in [3.05, 3.63) is 29.2 Å². The maximum absolute atomic E-state index is 9.66. The van der Waals surface area contributed by atoms with E-state index < -0.39 is 0 Å². The molecule has 1 unspecified atom stereocenters. The van der Waals surface area contributed by atoms with Crippen molar-refractivity contribution in [1.82, 2.24) is 9.55 Å². The third-order valence-electron chi connectivity index (χ3n) is 2.87. The number of fused-ring (bicyclic) bond motifs is 1. The van der Waals surface area contributed by atoms with Crippen LogP contribution in [0, 0.1) is 0 Å². The minimum atomic E-state index is -0.327. The van der Waals surface area contributed by atoms with E-state index >= 15 is 0 Å². The fourth-order valence-corrected chi connectivity index (χ4v) is 2.37. The first-order valence-corrected chi connectivity index (χ1v) is 5.60. The molecule has 1 aliphatic heterocycles. The summed E-state index contributed by atoms with van der Waals surface area (Å²) in [6.07, 6.45) is 2.77. The van der Waals surface area contributed by atoms with Crippen molar-refractivity contribution in [2.45, 2.75) is 25.5 Å². The summed E-state index contributed by atoms with van der Waals surface area (Å²) in [7, 11) is 0. The van der Waals surface area contributed by atoms with Crippen LogP contribution in [0.1, 0.15) is 12.1 Å². The third kappa shape index (κ3) is 1.45. The molecule has 3 heterocycles. The van der Waals surface area contributed by atoms with Crippen LogP contribution in [0.4, 0.5) is 0 Å². The summed E-state index contributed by atoms with van der Waals surface area (Å²) < 4.78 is 7.25. The van der Waals surface area contributed by atoms with Crippen LogP contribution in [0.3, 0.4) is 0 Å². The van der Waals surface area contributed by atoms with E-state index in [1.54, 1.807) is 6.26 Å². The Labute approximate surface area is 97.5 Å². The first kappa shape index (κ1) is 9.93. The molecule has 0 saturated heterocycles. The second-order valence-corrected chi connectivity index (χ2v) is 4.31. The zero-order valence-electron chi connectivity index (χ0n) is 8.56. The van der Waals surface area contributed by atoms with Crippen molar-refractivity contribution in [2.75, 3.05) is 0 Å². The highest BCUT2D eigenvalue weighted by Crippen LogP contribution is 2.30. The molecular formula is C11H11ClN2O2. The van der Waals surface area contributed by atoms with Crippen LogP contribution < -0.4 is 0 Å². The third-order valence-corrected chi connectivity index (χ3v) is 3.18. The predicted octanol–water partition coefficient (Wildman–Crippen LogP) is 2.10. The van der Waals surface area contributed by atoms with E-state index in [1.807, 2.05) is 16.7 Å². The van der Waals surface area contributed by atoms with Crippen molar-refractivity contribution < 1.29 is 9.52 Å². The molecular weight excluding hydrogens is 228 g/mol. The van der Waals surface area contributed by atoms with Gasteiger partial charge in [0.15, 0.2) is 16.7 Å². The Morgan fingerprint density at radius 2 is 2.44 bits per heavy atom. The van der Waals surface area contributed by atoms with Crippen molar-refractivity contribution in [1.29, 1.82) is 0 Å². The van der Waals surface area contributed by atoms with Gasteiger partial charge in [-0.3, -0.25) is 0 Å². The molecule has 0 aliphatic carbocycles. The van der Waals surface area contributed by atoms with Crippen LogP contribution >= 0.6 is 11.6 Å². The molecule has 2 aromatic heterocycles. The maximum Gasteiger partial charge on any atom is 0.177 e. The van der Waals surface area contributed by atoms with Gasteiger partial charge in [0.25, 0.3) is 0 Å². The Morgan fingerprint density at radius 1 is 1.56 bits per heavy atom. The summed E-state index contributed by atoms with van der Waals surface area (Å²) in [6.45, 7) is 0.533. The SMILES string of the molecule is OC1CCc2c(Cl)nc(-c3ccco3)n2C1. The number of rotatable bonds is 1. The second-order valence-electron chi connectivity index (χ2n) is 3.95. The van der Waals surface area contributed by atoms with E-state index in [1.165, 1.54) is 0 Å². The zero-order chi connectivity index (χ0) is 11.1. The Balaban J connectivity index is 2.13. The molecule has 5 heteroatoms. The standard InChI is InChI=1S/C11H11ClN2O2/c12-10-8-4-3-7(15)6-14(8)11(13-10)9-2-1-5-16-9/h1-2,5,7,15H,3-4,6H2. The molecule has 0 radical (unpaired) electrons. The van der Waals surface area contributed by atoms with Gasteiger partial charge < -0.3 is 14.1 Å². The lowest BCUT2D eigenvalue weighted by Crippen LogP contribution is -2.24. The van der Waals surface area contributed by atoms with E-state index in [2.05, 4.69) is 4.98 Å². The lowest BCUT2D eigenvalue weighted by atomic mass is 10.1. The number of hydrogen-bond donors (Lipinski definition) is 1. The number of furan rings is 1. The average molecular weight is 239 g/mol. The minimum absolute atomic E-state index is 0.327. The van der Waals surface area contributed by atoms with Crippen molar-refractivity contribution >= 4 is 11.6 Å². The molecule has 16 heavy (non-hydrogen) atoms. The molecule has 3 rings (SSSR count). The van der Waals surface area contributed by atoms with Gasteiger partial charge in [-0.2, -0.15) is 0 Å². The number of aliphatic hydroxyl groups is 1. The van der Waals surface area contributed by atoms with Gasteiger partial charge in [-0.25, -0.2) is 4.98 Å². The Morgan fingerprint density at radius 3 is 3.19 bits per heavy atom. The second kappa shape index (κ2) is 3.64. The molecule has 2 aromatic rings. The summed E-state index contributed by atoms with van der Waals surface area (Å²) in [4.78, 5) is 4.29. The maximum atomic E-state index is 9.66. The fraction of sp³-hybridized carbons (Fsp3) is 0.364. The number of hydrogen-bond acceptors (Lipinski definition) is 3. The quantitative estimate of drug-likeness (QED) is 0.828. The van der Waals surface area contributed by atoms with E-state index in [0.29, 0.717) is 23.3 Å². The molecule has 0 saturated carbocycles. The van der Waals surface area contributed by atoms with Crippen LogP contribution in [-0.4, -0.2) is 20.8 Å². The highest BCUT2D eigenvalue weighted by Gasteiger charge is 2.24. The Hall–Kier alpha value is -1.26. The summed E-state index contributed by atoms with van der Waals surface area (Å²) in [5.74, 6) is 1.38. The lowest BCUT2D eigenvalue weighted by molar-refractivity contribution is 0.132. The van der Waals surface area contributed by atoms with Crippen molar-refractivity contribution in [2.24, 2.45) is 0 Å². The van der Waals surface area contributed by atoms with E-state index in [-0.39, 0.29) is 6.10 Å². The fourth-order valence-electron chi connectivity index (χ4n) is 2.09. The Kier molecular flexibility index (Phi) is 2.26. The van der Waals surface area contributed by atoms with Gasteiger partial charge in [-0.1, -0.05) is 11.6 Å². The van der Waals surface area contributed by atoms with Gasteiger partial charge in [0.1, 0.15) is 0 Å². The predicted molar refractivity (Wildman–Crippen MR) is 59.3 cm³/mol. The van der Waals surface area contributed by atoms with Crippen molar-refractivity contribution in [3.63, 3.8) is 0 Å². The van der Waals surface area contributed by atoms with Crippen LogP contribution in [0.25, 0.3) is 11.6 Å². The van der Waals surface area contributed by atoms with Crippen LogP contribution in [0.5, 0.6) is 0 Å². The average Bonchev–Trinajstić information content (AvgIpc) is 2.86. The zero-order valence-corrected chi connectivity index (χ0v) is 9.31. The molecule has 4 nitrogen and oxygen atoms in total. The normalized spacial score (nSPS) is 19.8. The summed E-state index contributed by atoms with van der Waals surface area (Å²) in [6, 6.07) is 3.65. The van der Waals surface area contributed by atoms with Gasteiger partial charge in [-0.05, 0) is 25.0 Å². The van der Waals surface area contributed by atoms with E-state index in [9.17, 15) is 5.11 Å². The number of halogens is 1. The lowest BCUT2D eigenvalue weighted by Gasteiger charge is -2.20. The first-order chi connectivity index (χ1) is 7.75. The van der Waals surface area contributed by atoms with Crippen LogP contribution in [0.15, 0.2) is 22.8 Å². The van der Waals surface area contributed by atoms with Gasteiger partial charge in [0.2, 0.25) is 0 Å². The number of imidazole rings is 1. The molecule has 0 spiro atoms. The minimum Gasteiger partial charge on any atom is -0.461 e. The first-order valence-electron chi connectivity index (χ1n) is 5.22. The van der Waals surface area contributed by atoms with Crippen LogP contribution in [-0.2, 0) is 13.0 Å². The molecule has 84 valence electrons. The smallest absolute Gasteiger partial charge is 0.177 e. The molecule has 1 atom stereocenters. The number of aromatic nitrogens is 2. The largest absolute Gasteiger partial charge is 0.461 e. The molecule has 0 bridgehead atoms. The van der Waals surface area contributed by atoms with Gasteiger partial charge in [0, 0.05) is 0 Å². The summed E-state index contributed by atoms with van der Waals surface area (Å²) in [5, 5.41) is 10.2. The highest BCUT2D eigenvalue weighted by molar-refractivity contribution is 6.30. The van der Waals surface area contributed by atoms with Gasteiger partial charge in [-0.15, -0.1) is 0 Å². The van der Waals surface area contributed by atoms with Gasteiger partial charge in [0.05, 0.1) is 24.6 Å². The molecule has 0 aromatic carbocycles. The van der Waals surface area contributed by atoms with Crippen molar-refractivity contribution in [3.8, 4) is 11.6 Å². The Bertz CT molecular complexity index is 504. The molecule has 0 fully saturated rings. The van der Waals surface area contributed by atoms with E-state index in [0.717, 1.165) is 18.5 Å². The highest BCUT2D eigenvalue weighted by atomic mass is 35.5. The molecule has 1 N–H and O–H groups in total. The summed E-state index contributed by atoms with van der Waals surface area (Å²) in [5.41, 5.74) is 0.985. The summed E-state index contributed by atoms with van der Waals surface area (Å²) >= 11 is 6.07. The number of aliphatic hydroxyl groups excluding tert-OH is 1. The van der Waals surface area contributed by atoms with E-state index in [4.69, 9.17) is 16.0 Å². The monoisotopic (exact) mass is 238 g/mol. The van der Waals surface area contributed by atoms with Crippen LogP contribution in [0.2, 0.25) is 5.15 Å².